The van der Waals surface area contributed by atoms with Crippen LogP contribution in [0.5, 0.6) is 5.75 Å². The summed E-state index contributed by atoms with van der Waals surface area (Å²) in [5, 5.41) is 22.1. The highest BCUT2D eigenvalue weighted by Crippen LogP contribution is 2.32. The number of hydrogen-bond acceptors (Lipinski definition) is 4. The predicted octanol–water partition coefficient (Wildman–Crippen LogP) is 4.19. The fourth-order valence-corrected chi connectivity index (χ4v) is 2.99. The lowest BCUT2D eigenvalue weighted by molar-refractivity contribution is 0.475. The maximum atomic E-state index is 9.52. The van der Waals surface area contributed by atoms with E-state index in [0.29, 0.717) is 10.8 Å². The number of para-hydroxylation sites is 1. The van der Waals surface area contributed by atoms with Gasteiger partial charge < -0.3 is 15.0 Å². The lowest BCUT2D eigenvalue weighted by atomic mass is 10.0. The minimum Gasteiger partial charge on any atom is -0.508 e. The molecule has 1 aromatic heterocycles. The first-order chi connectivity index (χ1) is 11.4. The van der Waals surface area contributed by atoms with E-state index in [1.54, 1.807) is 12.1 Å². The summed E-state index contributed by atoms with van der Waals surface area (Å²) in [6, 6.07) is 14.8. The van der Waals surface area contributed by atoms with Gasteiger partial charge in [0.15, 0.2) is 11.6 Å². The second-order valence-electron chi connectivity index (χ2n) is 6.19. The van der Waals surface area contributed by atoms with Crippen LogP contribution >= 0.6 is 11.6 Å². The summed E-state index contributed by atoms with van der Waals surface area (Å²) in [6.45, 7) is 4.10. The van der Waals surface area contributed by atoms with Crippen molar-refractivity contribution < 1.29 is 5.11 Å². The monoisotopic (exact) mass is 342 g/mol. The van der Waals surface area contributed by atoms with Crippen LogP contribution in [0, 0.1) is 0 Å². The van der Waals surface area contributed by atoms with Gasteiger partial charge in [0, 0.05) is 18.3 Å². The maximum absolute atomic E-state index is 9.52. The number of rotatable bonds is 4. The summed E-state index contributed by atoms with van der Waals surface area (Å²) < 4.78 is 1.91. The number of anilines is 1. The van der Waals surface area contributed by atoms with Crippen LogP contribution < -0.4 is 5.32 Å². The van der Waals surface area contributed by atoms with Gasteiger partial charge in [-0.2, -0.15) is 0 Å². The van der Waals surface area contributed by atoms with Crippen molar-refractivity contribution >= 4 is 17.3 Å². The highest BCUT2D eigenvalue weighted by molar-refractivity contribution is 6.33. The molecule has 0 aliphatic rings. The Bertz CT molecular complexity index is 859. The van der Waals surface area contributed by atoms with Gasteiger partial charge in [-0.1, -0.05) is 29.8 Å². The Kier molecular flexibility index (Phi) is 4.20. The van der Waals surface area contributed by atoms with Gasteiger partial charge in [-0.05, 0) is 44.2 Å². The zero-order chi connectivity index (χ0) is 17.3. The molecule has 6 heteroatoms. The minimum atomic E-state index is -0.426. The fraction of sp³-hybridized carbons (Fsp3) is 0.222. The molecular formula is C18H19ClN4O. The SMILES string of the molecule is Cn1c(-c2ccc(O)cc2Cl)nnc1C(C)(C)Nc1ccccc1. The second kappa shape index (κ2) is 6.17. The van der Waals surface area contributed by atoms with Crippen molar-refractivity contribution in [3.05, 3.63) is 59.4 Å². The van der Waals surface area contributed by atoms with Crippen molar-refractivity contribution in [2.45, 2.75) is 19.4 Å². The van der Waals surface area contributed by atoms with Gasteiger partial charge in [0.2, 0.25) is 0 Å². The number of benzene rings is 2. The molecule has 0 atom stereocenters. The van der Waals surface area contributed by atoms with E-state index in [1.165, 1.54) is 6.07 Å². The van der Waals surface area contributed by atoms with Gasteiger partial charge in [-0.15, -0.1) is 10.2 Å². The van der Waals surface area contributed by atoms with Gasteiger partial charge in [0.05, 0.1) is 10.6 Å². The van der Waals surface area contributed by atoms with Gasteiger partial charge in [-0.25, -0.2) is 0 Å². The quantitative estimate of drug-likeness (QED) is 0.746. The lowest BCUT2D eigenvalue weighted by Gasteiger charge is -2.26. The zero-order valence-electron chi connectivity index (χ0n) is 13.8. The van der Waals surface area contributed by atoms with Crippen LogP contribution in [-0.2, 0) is 12.6 Å². The smallest absolute Gasteiger partial charge is 0.165 e. The van der Waals surface area contributed by atoms with Crippen molar-refractivity contribution in [2.24, 2.45) is 7.05 Å². The van der Waals surface area contributed by atoms with Crippen LogP contribution in [0.15, 0.2) is 48.5 Å². The number of aromatic hydroxyl groups is 1. The summed E-state index contributed by atoms with van der Waals surface area (Å²) in [7, 11) is 1.91. The van der Waals surface area contributed by atoms with Crippen LogP contribution in [0.4, 0.5) is 5.69 Å². The first-order valence-corrected chi connectivity index (χ1v) is 7.98. The Labute approximate surface area is 145 Å². The number of hydrogen-bond donors (Lipinski definition) is 2. The van der Waals surface area contributed by atoms with E-state index >= 15 is 0 Å². The van der Waals surface area contributed by atoms with E-state index in [-0.39, 0.29) is 5.75 Å². The molecule has 0 aliphatic heterocycles. The number of halogens is 1. The van der Waals surface area contributed by atoms with Crippen LogP contribution in [0.1, 0.15) is 19.7 Å². The normalized spacial score (nSPS) is 11.5. The maximum Gasteiger partial charge on any atom is 0.165 e. The van der Waals surface area contributed by atoms with Gasteiger partial charge in [0.25, 0.3) is 0 Å². The molecule has 24 heavy (non-hydrogen) atoms. The third kappa shape index (κ3) is 3.08. The first kappa shape index (κ1) is 16.3. The van der Waals surface area contributed by atoms with E-state index in [2.05, 4.69) is 15.5 Å². The molecule has 0 radical (unpaired) electrons. The van der Waals surface area contributed by atoms with Gasteiger partial charge >= 0.3 is 0 Å². The Morgan fingerprint density at radius 2 is 1.79 bits per heavy atom. The topological polar surface area (TPSA) is 63.0 Å². The molecule has 0 saturated heterocycles. The summed E-state index contributed by atoms with van der Waals surface area (Å²) in [6.07, 6.45) is 0. The van der Waals surface area contributed by atoms with E-state index < -0.39 is 5.54 Å². The van der Waals surface area contributed by atoms with E-state index in [1.807, 2.05) is 55.8 Å². The lowest BCUT2D eigenvalue weighted by Crippen LogP contribution is -2.31. The molecule has 3 rings (SSSR count). The number of phenolic OH excluding ortho intramolecular Hbond substituents is 1. The average Bonchev–Trinajstić information content (AvgIpc) is 2.90. The highest BCUT2D eigenvalue weighted by Gasteiger charge is 2.28. The Balaban J connectivity index is 1.97. The highest BCUT2D eigenvalue weighted by atomic mass is 35.5. The number of phenols is 1. The average molecular weight is 343 g/mol. The van der Waals surface area contributed by atoms with Crippen molar-refractivity contribution in [1.82, 2.24) is 14.8 Å². The first-order valence-electron chi connectivity index (χ1n) is 7.60. The Morgan fingerprint density at radius 1 is 1.08 bits per heavy atom. The van der Waals surface area contributed by atoms with Crippen molar-refractivity contribution in [3.63, 3.8) is 0 Å². The second-order valence-corrected chi connectivity index (χ2v) is 6.59. The zero-order valence-corrected chi connectivity index (χ0v) is 14.5. The minimum absolute atomic E-state index is 0.122. The van der Waals surface area contributed by atoms with Crippen molar-refractivity contribution in [3.8, 4) is 17.1 Å². The molecule has 0 fully saturated rings. The van der Waals surface area contributed by atoms with Gasteiger partial charge in [-0.3, -0.25) is 0 Å². The molecule has 5 nitrogen and oxygen atoms in total. The standard InChI is InChI=1S/C18H19ClN4O/c1-18(2,20-12-7-5-4-6-8-12)17-22-21-16(23(17)3)14-10-9-13(24)11-15(14)19/h4-11,20,24H,1-3H3. The predicted molar refractivity (Wildman–Crippen MR) is 96.2 cm³/mol. The van der Waals surface area contributed by atoms with Crippen LogP contribution in [0.2, 0.25) is 5.02 Å². The van der Waals surface area contributed by atoms with E-state index in [0.717, 1.165) is 17.1 Å². The number of aromatic nitrogens is 3. The molecule has 124 valence electrons. The summed E-state index contributed by atoms with van der Waals surface area (Å²) in [5.74, 6) is 1.56. The third-order valence-corrected chi connectivity index (χ3v) is 4.17. The molecular weight excluding hydrogens is 324 g/mol. The number of nitrogens with one attached hydrogen (secondary N) is 1. The summed E-state index contributed by atoms with van der Waals surface area (Å²) in [4.78, 5) is 0. The molecule has 1 heterocycles. The van der Waals surface area contributed by atoms with Crippen molar-refractivity contribution in [2.75, 3.05) is 5.32 Å². The van der Waals surface area contributed by atoms with Crippen LogP contribution in [0.25, 0.3) is 11.4 Å². The third-order valence-electron chi connectivity index (χ3n) is 3.86. The van der Waals surface area contributed by atoms with E-state index in [9.17, 15) is 5.11 Å². The van der Waals surface area contributed by atoms with Crippen LogP contribution in [-0.4, -0.2) is 19.9 Å². The Morgan fingerprint density at radius 3 is 2.46 bits per heavy atom. The molecule has 0 aliphatic carbocycles. The molecule has 0 bridgehead atoms. The molecule has 3 aromatic rings. The molecule has 0 unspecified atom stereocenters. The molecule has 0 amide bonds. The molecule has 0 saturated carbocycles. The molecule has 2 N–H and O–H groups in total. The molecule has 0 spiro atoms. The van der Waals surface area contributed by atoms with Gasteiger partial charge in [0.1, 0.15) is 5.75 Å². The summed E-state index contributed by atoms with van der Waals surface area (Å²) in [5.41, 5.74) is 1.31. The van der Waals surface area contributed by atoms with Crippen molar-refractivity contribution in [1.29, 1.82) is 0 Å². The number of nitrogens with zero attached hydrogens (tertiary/aromatic N) is 3. The molecule has 2 aromatic carbocycles. The van der Waals surface area contributed by atoms with E-state index in [4.69, 9.17) is 11.6 Å². The largest absolute Gasteiger partial charge is 0.508 e. The Hall–Kier alpha value is -2.53. The fourth-order valence-electron chi connectivity index (χ4n) is 2.73. The van der Waals surface area contributed by atoms with Crippen LogP contribution in [0.3, 0.4) is 0 Å². The summed E-state index contributed by atoms with van der Waals surface area (Å²) >= 11 is 6.23.